The number of aromatic nitrogens is 1. The number of ether oxygens (including phenoxy) is 1. The van der Waals surface area contributed by atoms with Crippen LogP contribution in [0.15, 0.2) is 42.3 Å². The largest absolute Gasteiger partial charge is 0.500 e. The maximum Gasteiger partial charge on any atom is 0.269 e. The van der Waals surface area contributed by atoms with Gasteiger partial charge in [-0.05, 0) is 56.0 Å². The highest BCUT2D eigenvalue weighted by Crippen LogP contribution is 2.39. The first-order chi connectivity index (χ1) is 13.4. The minimum absolute atomic E-state index is 0.0963. The number of Topliss-reactive ketones (excluding diaryl/α,β-unsaturated/α-hetero) is 1. The van der Waals surface area contributed by atoms with Gasteiger partial charge >= 0.3 is 0 Å². The van der Waals surface area contributed by atoms with E-state index in [1.165, 1.54) is 5.56 Å². The zero-order valence-electron chi connectivity index (χ0n) is 16.8. The molecule has 0 aliphatic heterocycles. The third-order valence-electron chi connectivity index (χ3n) is 5.18. The van der Waals surface area contributed by atoms with Gasteiger partial charge in [-0.25, -0.2) is 0 Å². The molecular formula is C23H26N2O3. The number of benzene rings is 1. The summed E-state index contributed by atoms with van der Waals surface area (Å²) >= 11 is 0. The predicted molar refractivity (Wildman–Crippen MR) is 109 cm³/mol. The molecule has 2 aromatic rings. The normalized spacial score (nSPS) is 16.4. The molecule has 28 heavy (non-hydrogen) atoms. The van der Waals surface area contributed by atoms with Gasteiger partial charge in [0.25, 0.3) is 5.91 Å². The number of rotatable bonds is 6. The van der Waals surface area contributed by atoms with Gasteiger partial charge in [-0.3, -0.25) is 14.6 Å². The minimum Gasteiger partial charge on any atom is -0.500 e. The third kappa shape index (κ3) is 3.98. The molecule has 0 saturated carbocycles. The van der Waals surface area contributed by atoms with Crippen LogP contribution in [0.4, 0.5) is 0 Å². The fraction of sp³-hybridized carbons (Fsp3) is 0.348. The number of amides is 1. The summed E-state index contributed by atoms with van der Waals surface area (Å²) in [5.74, 6) is 0.422. The molecule has 1 N–H and O–H groups in total. The van der Waals surface area contributed by atoms with Gasteiger partial charge in [0.15, 0.2) is 5.78 Å². The Bertz CT molecular complexity index is 909. The standard InChI is InChI=1S/C23H26N2O3/c1-14-11-15(2)20(16(3)12-14)21-19(28-4)13-17(22(21)26)8-10-25-23(27)18-7-5-6-9-24-18/h5-7,9,11-12,17H,8,10,13H2,1-4H3,(H,25,27). The first kappa shape index (κ1) is 19.8. The summed E-state index contributed by atoms with van der Waals surface area (Å²) in [4.78, 5) is 29.3. The molecule has 146 valence electrons. The highest BCUT2D eigenvalue weighted by molar-refractivity contribution is 6.25. The van der Waals surface area contributed by atoms with E-state index in [1.54, 1.807) is 31.5 Å². The Labute approximate surface area is 165 Å². The van der Waals surface area contributed by atoms with Crippen LogP contribution in [0, 0.1) is 26.7 Å². The van der Waals surface area contributed by atoms with Gasteiger partial charge < -0.3 is 10.1 Å². The number of hydrogen-bond donors (Lipinski definition) is 1. The molecule has 0 saturated heterocycles. The number of nitrogens with zero attached hydrogens (tertiary/aromatic N) is 1. The van der Waals surface area contributed by atoms with Gasteiger partial charge in [0, 0.05) is 25.1 Å². The second-order valence-corrected chi connectivity index (χ2v) is 7.30. The lowest BCUT2D eigenvalue weighted by molar-refractivity contribution is -0.116. The summed E-state index contributed by atoms with van der Waals surface area (Å²) < 4.78 is 5.58. The Morgan fingerprint density at radius 3 is 2.54 bits per heavy atom. The second kappa shape index (κ2) is 8.38. The fourth-order valence-corrected chi connectivity index (χ4v) is 3.96. The number of allylic oxidation sites excluding steroid dienone is 2. The summed E-state index contributed by atoms with van der Waals surface area (Å²) in [6, 6.07) is 9.40. The van der Waals surface area contributed by atoms with Crippen LogP contribution in [0.2, 0.25) is 0 Å². The van der Waals surface area contributed by atoms with Gasteiger partial charge in [-0.15, -0.1) is 0 Å². The van der Waals surface area contributed by atoms with Crippen molar-refractivity contribution in [3.05, 3.63) is 70.2 Å². The summed E-state index contributed by atoms with van der Waals surface area (Å²) in [7, 11) is 1.62. The van der Waals surface area contributed by atoms with Crippen molar-refractivity contribution in [2.75, 3.05) is 13.7 Å². The van der Waals surface area contributed by atoms with Crippen molar-refractivity contribution < 1.29 is 14.3 Å². The Hall–Kier alpha value is -2.95. The summed E-state index contributed by atoms with van der Waals surface area (Å²) in [5, 5.41) is 2.85. The average Bonchev–Trinajstić information content (AvgIpc) is 2.97. The van der Waals surface area contributed by atoms with Crippen LogP contribution in [0.5, 0.6) is 0 Å². The SMILES string of the molecule is COC1=C(c2c(C)cc(C)cc2C)C(=O)C(CCNC(=O)c2ccccn2)C1. The van der Waals surface area contributed by atoms with Crippen molar-refractivity contribution in [2.24, 2.45) is 5.92 Å². The molecule has 0 spiro atoms. The van der Waals surface area contributed by atoms with Crippen molar-refractivity contribution >= 4 is 17.3 Å². The van der Waals surface area contributed by atoms with E-state index in [9.17, 15) is 9.59 Å². The second-order valence-electron chi connectivity index (χ2n) is 7.30. The maximum absolute atomic E-state index is 13.1. The molecule has 1 atom stereocenters. The summed E-state index contributed by atoms with van der Waals surface area (Å²) in [5.41, 5.74) is 5.39. The van der Waals surface area contributed by atoms with E-state index >= 15 is 0 Å². The molecule has 1 aromatic heterocycles. The zero-order chi connectivity index (χ0) is 20.3. The topological polar surface area (TPSA) is 68.3 Å². The molecule has 1 aliphatic carbocycles. The average molecular weight is 378 g/mol. The van der Waals surface area contributed by atoms with Gasteiger partial charge in [0.1, 0.15) is 11.5 Å². The molecule has 0 radical (unpaired) electrons. The first-order valence-corrected chi connectivity index (χ1v) is 9.51. The first-order valence-electron chi connectivity index (χ1n) is 9.51. The van der Waals surface area contributed by atoms with Crippen molar-refractivity contribution in [2.45, 2.75) is 33.6 Å². The Morgan fingerprint density at radius 1 is 1.21 bits per heavy atom. The van der Waals surface area contributed by atoms with E-state index in [-0.39, 0.29) is 17.6 Å². The molecule has 1 aliphatic rings. The molecule has 3 rings (SSSR count). The summed E-state index contributed by atoms with van der Waals surface area (Å²) in [6.45, 7) is 6.54. The van der Waals surface area contributed by atoms with Crippen LogP contribution in [0.25, 0.3) is 5.57 Å². The maximum atomic E-state index is 13.1. The lowest BCUT2D eigenvalue weighted by Crippen LogP contribution is -2.27. The molecule has 5 heteroatoms. The molecule has 1 unspecified atom stereocenters. The predicted octanol–water partition coefficient (Wildman–Crippen LogP) is 3.77. The van der Waals surface area contributed by atoms with Gasteiger partial charge in [0.2, 0.25) is 0 Å². The minimum atomic E-state index is -0.226. The van der Waals surface area contributed by atoms with E-state index in [4.69, 9.17) is 4.74 Å². The lowest BCUT2D eigenvalue weighted by Gasteiger charge is -2.14. The molecule has 0 bridgehead atoms. The van der Waals surface area contributed by atoms with Crippen molar-refractivity contribution in [3.63, 3.8) is 0 Å². The lowest BCUT2D eigenvalue weighted by atomic mass is 9.90. The van der Waals surface area contributed by atoms with Gasteiger partial charge in [-0.1, -0.05) is 23.8 Å². The highest BCUT2D eigenvalue weighted by atomic mass is 16.5. The highest BCUT2D eigenvalue weighted by Gasteiger charge is 2.35. The quantitative estimate of drug-likeness (QED) is 0.831. The molecule has 1 amide bonds. The number of methoxy groups -OCH3 is 1. The molecule has 5 nitrogen and oxygen atoms in total. The van der Waals surface area contributed by atoms with Crippen molar-refractivity contribution in [3.8, 4) is 0 Å². The smallest absolute Gasteiger partial charge is 0.269 e. The van der Waals surface area contributed by atoms with Crippen LogP contribution >= 0.6 is 0 Å². The number of carbonyl (C=O) groups is 2. The van der Waals surface area contributed by atoms with Crippen LogP contribution in [0.3, 0.4) is 0 Å². The number of pyridine rings is 1. The van der Waals surface area contributed by atoms with Crippen LogP contribution in [-0.2, 0) is 9.53 Å². The van der Waals surface area contributed by atoms with E-state index < -0.39 is 0 Å². The van der Waals surface area contributed by atoms with Crippen molar-refractivity contribution in [1.29, 1.82) is 0 Å². The Balaban J connectivity index is 1.71. The van der Waals surface area contributed by atoms with Gasteiger partial charge in [0.05, 0.1) is 12.7 Å². The fourth-order valence-electron chi connectivity index (χ4n) is 3.96. The number of carbonyl (C=O) groups excluding carboxylic acids is 2. The van der Waals surface area contributed by atoms with E-state index in [0.717, 1.165) is 22.4 Å². The molecule has 0 fully saturated rings. The number of ketones is 1. The monoisotopic (exact) mass is 378 g/mol. The number of nitrogens with one attached hydrogen (secondary N) is 1. The third-order valence-corrected chi connectivity index (χ3v) is 5.18. The molecule has 1 aromatic carbocycles. The van der Waals surface area contributed by atoms with Crippen LogP contribution < -0.4 is 5.32 Å². The van der Waals surface area contributed by atoms with Gasteiger partial charge in [-0.2, -0.15) is 0 Å². The Morgan fingerprint density at radius 2 is 1.93 bits per heavy atom. The van der Waals surface area contributed by atoms with Crippen molar-refractivity contribution in [1.82, 2.24) is 10.3 Å². The molecule has 1 heterocycles. The molecular weight excluding hydrogens is 352 g/mol. The summed E-state index contributed by atoms with van der Waals surface area (Å²) in [6.07, 6.45) is 2.72. The number of aryl methyl sites for hydroxylation is 3. The Kier molecular flexibility index (Phi) is 5.93. The van der Waals surface area contributed by atoms with E-state index in [2.05, 4.69) is 29.4 Å². The van der Waals surface area contributed by atoms with Crippen LogP contribution in [-0.4, -0.2) is 30.3 Å². The van der Waals surface area contributed by atoms with E-state index in [0.29, 0.717) is 30.7 Å². The van der Waals surface area contributed by atoms with Crippen LogP contribution in [0.1, 0.15) is 45.6 Å². The number of hydrogen-bond acceptors (Lipinski definition) is 4. The van der Waals surface area contributed by atoms with E-state index in [1.807, 2.05) is 13.8 Å². The zero-order valence-corrected chi connectivity index (χ0v) is 16.8.